The minimum Gasteiger partial charge on any atom is -0.480 e. The molecule has 1 unspecified atom stereocenters. The van der Waals surface area contributed by atoms with E-state index in [1.54, 1.807) is 4.90 Å². The molecule has 0 radical (unpaired) electrons. The molecule has 1 heterocycles. The molecule has 3 rings (SSSR count). The zero-order valence-electron chi connectivity index (χ0n) is 14.7. The third kappa shape index (κ3) is 5.26. The summed E-state index contributed by atoms with van der Waals surface area (Å²) in [6.45, 7) is 4.21. The number of nitrogens with zero attached hydrogens (tertiary/aromatic N) is 2. The summed E-state index contributed by atoms with van der Waals surface area (Å²) >= 11 is 0. The second kappa shape index (κ2) is 8.43. The number of hydrogen-bond donors (Lipinski definition) is 1. The minimum absolute atomic E-state index is 0.0525. The summed E-state index contributed by atoms with van der Waals surface area (Å²) in [6.07, 6.45) is 1.09. The van der Waals surface area contributed by atoms with Crippen molar-refractivity contribution in [3.8, 4) is 0 Å². The molecule has 25 heavy (non-hydrogen) atoms. The van der Waals surface area contributed by atoms with Crippen molar-refractivity contribution < 1.29 is 14.6 Å². The van der Waals surface area contributed by atoms with Crippen molar-refractivity contribution in [3.05, 3.63) is 48.0 Å². The number of rotatable bonds is 7. The first-order chi connectivity index (χ1) is 12.1. The Morgan fingerprint density at radius 2 is 2.08 bits per heavy atom. The lowest BCUT2D eigenvalue weighted by atomic mass is 10.0. The van der Waals surface area contributed by atoms with Crippen LogP contribution in [0.1, 0.15) is 5.56 Å². The standard InChI is InChI=1S/C20H26N2O3/c1-21(15-20(23)24)13-19-14-22(10-11-25-19)9-8-16-6-7-17-4-2-3-5-18(17)12-16/h2-7,12,19H,8-11,13-15H2,1H3,(H,23,24). The van der Waals surface area contributed by atoms with Crippen LogP contribution in [0.5, 0.6) is 0 Å². The summed E-state index contributed by atoms with van der Waals surface area (Å²) in [5, 5.41) is 11.4. The zero-order valence-corrected chi connectivity index (χ0v) is 14.7. The third-order valence-corrected chi connectivity index (χ3v) is 4.67. The molecule has 5 heteroatoms. The van der Waals surface area contributed by atoms with Crippen LogP contribution >= 0.6 is 0 Å². The number of likely N-dealkylation sites (N-methyl/N-ethyl adjacent to an activating group) is 1. The molecular weight excluding hydrogens is 316 g/mol. The Labute approximate surface area is 148 Å². The van der Waals surface area contributed by atoms with E-state index in [0.29, 0.717) is 13.2 Å². The maximum atomic E-state index is 10.8. The van der Waals surface area contributed by atoms with E-state index in [9.17, 15) is 4.79 Å². The summed E-state index contributed by atoms with van der Waals surface area (Å²) in [6, 6.07) is 15.1. The van der Waals surface area contributed by atoms with Gasteiger partial charge in [-0.2, -0.15) is 0 Å². The highest BCUT2D eigenvalue weighted by Gasteiger charge is 2.22. The van der Waals surface area contributed by atoms with Gasteiger partial charge in [0.1, 0.15) is 0 Å². The van der Waals surface area contributed by atoms with Crippen molar-refractivity contribution in [2.75, 3.05) is 46.4 Å². The van der Waals surface area contributed by atoms with Gasteiger partial charge in [-0.05, 0) is 29.8 Å². The highest BCUT2D eigenvalue weighted by molar-refractivity contribution is 5.82. The first-order valence-corrected chi connectivity index (χ1v) is 8.82. The van der Waals surface area contributed by atoms with Gasteiger partial charge in [-0.25, -0.2) is 0 Å². The van der Waals surface area contributed by atoms with Crippen molar-refractivity contribution in [2.24, 2.45) is 0 Å². The molecule has 0 aromatic heterocycles. The topological polar surface area (TPSA) is 53.0 Å². The van der Waals surface area contributed by atoms with Crippen LogP contribution in [0.3, 0.4) is 0 Å². The van der Waals surface area contributed by atoms with Crippen molar-refractivity contribution in [2.45, 2.75) is 12.5 Å². The van der Waals surface area contributed by atoms with Gasteiger partial charge in [0.15, 0.2) is 0 Å². The van der Waals surface area contributed by atoms with Crippen LogP contribution in [0.15, 0.2) is 42.5 Å². The average Bonchev–Trinajstić information content (AvgIpc) is 2.59. The number of fused-ring (bicyclic) bond motifs is 1. The maximum Gasteiger partial charge on any atom is 0.317 e. The Morgan fingerprint density at radius 1 is 1.28 bits per heavy atom. The van der Waals surface area contributed by atoms with Gasteiger partial charge in [0.25, 0.3) is 0 Å². The molecule has 0 aliphatic carbocycles. The van der Waals surface area contributed by atoms with Gasteiger partial charge in [-0.3, -0.25) is 14.6 Å². The van der Waals surface area contributed by atoms with Gasteiger partial charge in [-0.1, -0.05) is 42.5 Å². The number of carboxylic acids is 1. The van der Waals surface area contributed by atoms with E-state index < -0.39 is 5.97 Å². The fourth-order valence-corrected chi connectivity index (χ4v) is 3.42. The molecule has 1 atom stereocenters. The zero-order chi connectivity index (χ0) is 17.6. The van der Waals surface area contributed by atoms with Crippen LogP contribution in [0.4, 0.5) is 0 Å². The smallest absolute Gasteiger partial charge is 0.317 e. The SMILES string of the molecule is CN(CC(=O)O)CC1CN(CCc2ccc3ccccc3c2)CCO1. The van der Waals surface area contributed by atoms with E-state index in [1.807, 2.05) is 7.05 Å². The molecule has 134 valence electrons. The quantitative estimate of drug-likeness (QED) is 0.835. The monoisotopic (exact) mass is 342 g/mol. The molecule has 1 fully saturated rings. The van der Waals surface area contributed by atoms with E-state index in [-0.39, 0.29) is 12.6 Å². The van der Waals surface area contributed by atoms with Gasteiger partial charge in [0, 0.05) is 26.2 Å². The fourth-order valence-electron chi connectivity index (χ4n) is 3.42. The first-order valence-electron chi connectivity index (χ1n) is 8.82. The lowest BCUT2D eigenvalue weighted by molar-refractivity contribution is -0.138. The predicted octanol–water partition coefficient (Wildman–Crippen LogP) is 2.10. The summed E-state index contributed by atoms with van der Waals surface area (Å²) in [7, 11) is 1.82. The normalized spacial score (nSPS) is 18.7. The number of ether oxygens (including phenoxy) is 1. The molecule has 0 saturated carbocycles. The molecular formula is C20H26N2O3. The van der Waals surface area contributed by atoms with Gasteiger partial charge < -0.3 is 9.84 Å². The number of benzene rings is 2. The van der Waals surface area contributed by atoms with Gasteiger partial charge >= 0.3 is 5.97 Å². The number of carbonyl (C=O) groups is 1. The molecule has 1 N–H and O–H groups in total. The van der Waals surface area contributed by atoms with E-state index >= 15 is 0 Å². The van der Waals surface area contributed by atoms with Crippen LogP contribution in [0, 0.1) is 0 Å². The number of hydrogen-bond acceptors (Lipinski definition) is 4. The Balaban J connectivity index is 1.51. The summed E-state index contributed by atoms with van der Waals surface area (Å²) in [5.74, 6) is -0.800. The summed E-state index contributed by atoms with van der Waals surface area (Å²) in [4.78, 5) is 15.0. The van der Waals surface area contributed by atoms with Crippen LogP contribution in [-0.4, -0.2) is 73.4 Å². The largest absolute Gasteiger partial charge is 0.480 e. The predicted molar refractivity (Wildman–Crippen MR) is 99.0 cm³/mol. The van der Waals surface area contributed by atoms with Gasteiger partial charge in [0.2, 0.25) is 0 Å². The highest BCUT2D eigenvalue weighted by Crippen LogP contribution is 2.16. The van der Waals surface area contributed by atoms with E-state index in [2.05, 4.69) is 47.4 Å². The van der Waals surface area contributed by atoms with Crippen molar-refractivity contribution >= 4 is 16.7 Å². The lowest BCUT2D eigenvalue weighted by Crippen LogP contribution is -2.48. The molecule has 0 amide bonds. The molecule has 1 aliphatic heterocycles. The van der Waals surface area contributed by atoms with E-state index in [1.165, 1.54) is 16.3 Å². The maximum absolute atomic E-state index is 10.8. The Morgan fingerprint density at radius 3 is 2.88 bits per heavy atom. The van der Waals surface area contributed by atoms with Crippen molar-refractivity contribution in [1.29, 1.82) is 0 Å². The molecule has 2 aromatic rings. The Bertz CT molecular complexity index is 719. The van der Waals surface area contributed by atoms with Gasteiger partial charge in [-0.15, -0.1) is 0 Å². The molecule has 1 aliphatic rings. The molecule has 0 bridgehead atoms. The van der Waals surface area contributed by atoms with Crippen LogP contribution < -0.4 is 0 Å². The molecule has 2 aromatic carbocycles. The summed E-state index contributed by atoms with van der Waals surface area (Å²) < 4.78 is 5.79. The second-order valence-corrected chi connectivity index (χ2v) is 6.82. The third-order valence-electron chi connectivity index (χ3n) is 4.67. The minimum atomic E-state index is -0.800. The van der Waals surface area contributed by atoms with Crippen LogP contribution in [0.2, 0.25) is 0 Å². The number of aliphatic carboxylic acids is 1. The molecule has 0 spiro atoms. The van der Waals surface area contributed by atoms with Gasteiger partial charge in [0.05, 0.1) is 19.3 Å². The molecule has 5 nitrogen and oxygen atoms in total. The van der Waals surface area contributed by atoms with E-state index in [4.69, 9.17) is 9.84 Å². The number of carboxylic acid groups (broad SMARTS) is 1. The molecule has 1 saturated heterocycles. The van der Waals surface area contributed by atoms with Crippen molar-refractivity contribution in [1.82, 2.24) is 9.80 Å². The Kier molecular flexibility index (Phi) is 6.02. The van der Waals surface area contributed by atoms with Crippen molar-refractivity contribution in [3.63, 3.8) is 0 Å². The van der Waals surface area contributed by atoms with E-state index in [0.717, 1.165) is 26.1 Å². The Hall–Kier alpha value is -1.95. The average molecular weight is 342 g/mol. The lowest BCUT2D eigenvalue weighted by Gasteiger charge is -2.34. The first kappa shape index (κ1) is 17.9. The fraction of sp³-hybridized carbons (Fsp3) is 0.450. The van der Waals surface area contributed by atoms with Crippen LogP contribution in [0.25, 0.3) is 10.8 Å². The highest BCUT2D eigenvalue weighted by atomic mass is 16.5. The summed E-state index contributed by atoms with van der Waals surface area (Å²) in [5.41, 5.74) is 1.35. The van der Waals surface area contributed by atoms with Crippen LogP contribution in [-0.2, 0) is 16.0 Å². The number of morpholine rings is 1. The second-order valence-electron chi connectivity index (χ2n) is 6.82.